The number of amides is 1. The van der Waals surface area contributed by atoms with E-state index in [2.05, 4.69) is 10.5 Å². The Morgan fingerprint density at radius 2 is 2.00 bits per heavy atom. The van der Waals surface area contributed by atoms with Gasteiger partial charge in [-0.15, -0.1) is 0 Å². The second kappa shape index (κ2) is 7.04. The van der Waals surface area contributed by atoms with E-state index in [4.69, 9.17) is 11.6 Å². The molecule has 0 aromatic heterocycles. The summed E-state index contributed by atoms with van der Waals surface area (Å²) in [4.78, 5) is 11.9. The number of halogens is 1. The number of hydrogen-bond acceptors (Lipinski definition) is 2. The molecule has 0 saturated carbocycles. The molecule has 0 unspecified atom stereocenters. The summed E-state index contributed by atoms with van der Waals surface area (Å²) in [5, 5.41) is 4.54. The van der Waals surface area contributed by atoms with E-state index in [1.54, 1.807) is 12.3 Å². The summed E-state index contributed by atoms with van der Waals surface area (Å²) in [7, 11) is 0. The summed E-state index contributed by atoms with van der Waals surface area (Å²) in [6, 6.07) is 13.4. The van der Waals surface area contributed by atoms with Gasteiger partial charge in [0.2, 0.25) is 5.91 Å². The first-order valence-electron chi connectivity index (χ1n) is 6.69. The van der Waals surface area contributed by atoms with E-state index in [9.17, 15) is 4.79 Å². The highest BCUT2D eigenvalue weighted by Crippen LogP contribution is 2.12. The zero-order valence-electron chi connectivity index (χ0n) is 12.1. The van der Waals surface area contributed by atoms with Gasteiger partial charge in [-0.3, -0.25) is 4.79 Å². The molecule has 0 aliphatic carbocycles. The third kappa shape index (κ3) is 4.43. The number of hydrazone groups is 1. The van der Waals surface area contributed by atoms with Crippen molar-refractivity contribution < 1.29 is 4.79 Å². The summed E-state index contributed by atoms with van der Waals surface area (Å²) in [5.41, 5.74) is 6.55. The lowest BCUT2D eigenvalue weighted by molar-refractivity contribution is -0.120. The zero-order chi connectivity index (χ0) is 15.2. The van der Waals surface area contributed by atoms with Crippen LogP contribution in [0, 0.1) is 13.8 Å². The number of benzene rings is 2. The van der Waals surface area contributed by atoms with E-state index < -0.39 is 0 Å². The largest absolute Gasteiger partial charge is 0.273 e. The maximum absolute atomic E-state index is 11.9. The standard InChI is InChI=1S/C17H17ClN2O/c1-12-7-8-13(2)15(9-12)10-17(21)20-19-11-14-5-3-4-6-16(14)18/h3-9,11H,10H2,1-2H3,(H,20,21)/b19-11-. The summed E-state index contributed by atoms with van der Waals surface area (Å²) in [6.45, 7) is 4.01. The minimum atomic E-state index is -0.146. The Morgan fingerprint density at radius 3 is 2.76 bits per heavy atom. The van der Waals surface area contributed by atoms with Crippen molar-refractivity contribution in [1.82, 2.24) is 5.43 Å². The molecule has 2 rings (SSSR count). The van der Waals surface area contributed by atoms with E-state index in [0.29, 0.717) is 11.4 Å². The van der Waals surface area contributed by atoms with Crippen LogP contribution in [-0.4, -0.2) is 12.1 Å². The maximum Gasteiger partial charge on any atom is 0.244 e. The second-order valence-corrected chi connectivity index (χ2v) is 5.33. The van der Waals surface area contributed by atoms with Crippen molar-refractivity contribution in [1.29, 1.82) is 0 Å². The van der Waals surface area contributed by atoms with Crippen LogP contribution < -0.4 is 5.43 Å². The topological polar surface area (TPSA) is 41.5 Å². The Labute approximate surface area is 129 Å². The van der Waals surface area contributed by atoms with E-state index in [0.717, 1.165) is 22.3 Å². The summed E-state index contributed by atoms with van der Waals surface area (Å²) >= 11 is 6.00. The van der Waals surface area contributed by atoms with Crippen molar-refractivity contribution in [3.05, 3.63) is 69.7 Å². The molecule has 0 saturated heterocycles. The Morgan fingerprint density at radius 1 is 1.24 bits per heavy atom. The maximum atomic E-state index is 11.9. The molecule has 1 amide bonds. The van der Waals surface area contributed by atoms with Crippen LogP contribution in [-0.2, 0) is 11.2 Å². The summed E-state index contributed by atoms with van der Waals surface area (Å²) in [5.74, 6) is -0.146. The van der Waals surface area contributed by atoms with Gasteiger partial charge < -0.3 is 0 Å². The van der Waals surface area contributed by atoms with Crippen LogP contribution in [0.25, 0.3) is 0 Å². The van der Waals surface area contributed by atoms with Crippen LogP contribution in [0.4, 0.5) is 0 Å². The highest BCUT2D eigenvalue weighted by atomic mass is 35.5. The molecule has 3 nitrogen and oxygen atoms in total. The highest BCUT2D eigenvalue weighted by molar-refractivity contribution is 6.33. The fraction of sp³-hybridized carbons (Fsp3) is 0.176. The molecule has 0 spiro atoms. The smallest absolute Gasteiger partial charge is 0.244 e. The van der Waals surface area contributed by atoms with Gasteiger partial charge in [-0.25, -0.2) is 5.43 Å². The zero-order valence-corrected chi connectivity index (χ0v) is 12.8. The molecular weight excluding hydrogens is 284 g/mol. The summed E-state index contributed by atoms with van der Waals surface area (Å²) in [6.07, 6.45) is 1.86. The second-order valence-electron chi connectivity index (χ2n) is 4.92. The van der Waals surface area contributed by atoms with Gasteiger partial charge in [0.1, 0.15) is 0 Å². The molecule has 2 aromatic carbocycles. The quantitative estimate of drug-likeness (QED) is 0.679. The van der Waals surface area contributed by atoms with Crippen molar-refractivity contribution in [2.75, 3.05) is 0 Å². The number of hydrogen-bond donors (Lipinski definition) is 1. The number of carbonyl (C=O) groups excluding carboxylic acids is 1. The lowest BCUT2D eigenvalue weighted by Gasteiger charge is -2.06. The van der Waals surface area contributed by atoms with Gasteiger partial charge in [-0.05, 0) is 31.0 Å². The van der Waals surface area contributed by atoms with Crippen LogP contribution in [0.3, 0.4) is 0 Å². The van der Waals surface area contributed by atoms with Gasteiger partial charge in [-0.1, -0.05) is 53.6 Å². The lowest BCUT2D eigenvalue weighted by Crippen LogP contribution is -2.20. The lowest BCUT2D eigenvalue weighted by atomic mass is 10.0. The average molecular weight is 301 g/mol. The molecule has 0 bridgehead atoms. The predicted octanol–water partition coefficient (Wildman–Crippen LogP) is 3.65. The van der Waals surface area contributed by atoms with Crippen molar-refractivity contribution in [2.45, 2.75) is 20.3 Å². The first kappa shape index (κ1) is 15.3. The van der Waals surface area contributed by atoms with Gasteiger partial charge in [0, 0.05) is 10.6 Å². The molecular formula is C17H17ClN2O. The monoisotopic (exact) mass is 300 g/mol. The molecule has 0 aliphatic rings. The molecule has 0 aliphatic heterocycles. The van der Waals surface area contributed by atoms with E-state index in [1.807, 2.05) is 50.2 Å². The van der Waals surface area contributed by atoms with Crippen molar-refractivity contribution in [2.24, 2.45) is 5.10 Å². The van der Waals surface area contributed by atoms with E-state index in [-0.39, 0.29) is 5.91 Å². The van der Waals surface area contributed by atoms with Gasteiger partial charge in [0.25, 0.3) is 0 Å². The van der Waals surface area contributed by atoms with Crippen LogP contribution in [0.1, 0.15) is 22.3 Å². The molecule has 1 N–H and O–H groups in total. The Bertz CT molecular complexity index is 680. The minimum absolute atomic E-state index is 0.146. The number of nitrogens with zero attached hydrogens (tertiary/aromatic N) is 1. The average Bonchev–Trinajstić information content (AvgIpc) is 2.45. The SMILES string of the molecule is Cc1ccc(C)c(CC(=O)N/N=C\c2ccccc2Cl)c1. The number of nitrogens with one attached hydrogen (secondary N) is 1. The third-order valence-corrected chi connectivity index (χ3v) is 3.50. The Hall–Kier alpha value is -2.13. The Kier molecular flexibility index (Phi) is 5.12. The van der Waals surface area contributed by atoms with Crippen LogP contribution in [0.2, 0.25) is 5.02 Å². The first-order chi connectivity index (χ1) is 10.1. The van der Waals surface area contributed by atoms with E-state index in [1.165, 1.54) is 0 Å². The molecule has 0 heterocycles. The van der Waals surface area contributed by atoms with Crippen LogP contribution in [0.15, 0.2) is 47.6 Å². The highest BCUT2D eigenvalue weighted by Gasteiger charge is 2.05. The van der Waals surface area contributed by atoms with Gasteiger partial charge in [0.05, 0.1) is 12.6 Å². The summed E-state index contributed by atoms with van der Waals surface area (Å²) < 4.78 is 0. The molecule has 21 heavy (non-hydrogen) atoms. The van der Waals surface area contributed by atoms with Gasteiger partial charge >= 0.3 is 0 Å². The normalized spacial score (nSPS) is 10.8. The van der Waals surface area contributed by atoms with Crippen LogP contribution >= 0.6 is 11.6 Å². The fourth-order valence-corrected chi connectivity index (χ4v) is 2.14. The fourth-order valence-electron chi connectivity index (χ4n) is 1.96. The molecule has 4 heteroatoms. The van der Waals surface area contributed by atoms with E-state index >= 15 is 0 Å². The third-order valence-electron chi connectivity index (χ3n) is 3.15. The number of rotatable bonds is 4. The van der Waals surface area contributed by atoms with Crippen molar-refractivity contribution in [3.8, 4) is 0 Å². The molecule has 2 aromatic rings. The Balaban J connectivity index is 1.96. The molecule has 0 atom stereocenters. The number of carbonyl (C=O) groups is 1. The molecule has 0 fully saturated rings. The van der Waals surface area contributed by atoms with Crippen molar-refractivity contribution >= 4 is 23.7 Å². The molecule has 108 valence electrons. The minimum Gasteiger partial charge on any atom is -0.273 e. The molecule has 0 radical (unpaired) electrons. The number of aryl methyl sites for hydroxylation is 2. The van der Waals surface area contributed by atoms with Gasteiger partial charge in [-0.2, -0.15) is 5.10 Å². The van der Waals surface area contributed by atoms with Crippen molar-refractivity contribution in [3.63, 3.8) is 0 Å². The first-order valence-corrected chi connectivity index (χ1v) is 7.06. The van der Waals surface area contributed by atoms with Crippen LogP contribution in [0.5, 0.6) is 0 Å². The van der Waals surface area contributed by atoms with Gasteiger partial charge in [0.15, 0.2) is 0 Å². The predicted molar refractivity (Wildman–Crippen MR) is 86.8 cm³/mol.